The van der Waals surface area contributed by atoms with Crippen molar-refractivity contribution >= 4 is 18.7 Å². The molecule has 4 heterocycles. The van der Waals surface area contributed by atoms with Crippen LogP contribution in [0.1, 0.15) is 12.1 Å². The quantitative estimate of drug-likeness (QED) is 0.749. The van der Waals surface area contributed by atoms with Gasteiger partial charge < -0.3 is 5.73 Å². The van der Waals surface area contributed by atoms with Gasteiger partial charge in [0.2, 0.25) is 0 Å². The molecule has 2 aromatic rings. The average Bonchev–Trinajstić information content (AvgIpc) is 3.22. The van der Waals surface area contributed by atoms with Crippen LogP contribution >= 0.6 is 0 Å². The average molecular weight is 401 g/mol. The minimum absolute atomic E-state index is 0.132. The van der Waals surface area contributed by atoms with Crippen molar-refractivity contribution in [2.45, 2.75) is 19.1 Å². The zero-order chi connectivity index (χ0) is 20.3. The van der Waals surface area contributed by atoms with E-state index in [1.807, 2.05) is 12.1 Å². The van der Waals surface area contributed by atoms with Gasteiger partial charge in [-0.25, -0.2) is 4.98 Å². The Balaban J connectivity index is 1.21. The summed E-state index contributed by atoms with van der Waals surface area (Å²) in [6, 6.07) is 10.3. The summed E-state index contributed by atoms with van der Waals surface area (Å²) in [5.41, 5.74) is 6.43. The van der Waals surface area contributed by atoms with Crippen LogP contribution in [-0.2, 0) is 11.3 Å². The SMILES string of the molecule is Nc1nccc(COC2=CCCN=C2N2CCN(C3B=c4ccccc4=N3)CC2)n1. The number of benzene rings is 1. The van der Waals surface area contributed by atoms with E-state index in [1.54, 1.807) is 6.20 Å². The van der Waals surface area contributed by atoms with Crippen LogP contribution < -0.4 is 11.1 Å². The van der Waals surface area contributed by atoms with E-state index >= 15 is 0 Å². The molecule has 30 heavy (non-hydrogen) atoms. The molecule has 8 nitrogen and oxygen atoms in total. The van der Waals surface area contributed by atoms with Gasteiger partial charge in [0.15, 0.2) is 0 Å². The summed E-state index contributed by atoms with van der Waals surface area (Å²) in [5, 5.41) is 2.32. The molecule has 2 N–H and O–H groups in total. The molecule has 3 aliphatic rings. The van der Waals surface area contributed by atoms with E-state index in [0.717, 1.165) is 61.8 Å². The number of ether oxygens (including phenoxy) is 1. The third-order valence-corrected chi connectivity index (χ3v) is 5.57. The number of rotatable bonds is 4. The van der Waals surface area contributed by atoms with Crippen LogP contribution in [0.25, 0.3) is 0 Å². The molecule has 9 heteroatoms. The molecule has 1 saturated heterocycles. The number of dihydropyridines is 1. The van der Waals surface area contributed by atoms with Crippen molar-refractivity contribution in [3.63, 3.8) is 0 Å². The molecule has 1 aromatic heterocycles. The van der Waals surface area contributed by atoms with Crippen molar-refractivity contribution in [3.8, 4) is 0 Å². The summed E-state index contributed by atoms with van der Waals surface area (Å²) < 4.78 is 6.06. The fraction of sp³-hybridized carbons (Fsp3) is 0.381. The summed E-state index contributed by atoms with van der Waals surface area (Å²) in [6.07, 6.45) is 4.66. The normalized spacial score (nSPS) is 20.9. The Morgan fingerprint density at radius 1 is 1.13 bits per heavy atom. The van der Waals surface area contributed by atoms with E-state index < -0.39 is 0 Å². The fourth-order valence-electron chi connectivity index (χ4n) is 4.03. The van der Waals surface area contributed by atoms with Gasteiger partial charge in [-0.2, -0.15) is 0 Å². The van der Waals surface area contributed by atoms with Crippen molar-refractivity contribution < 1.29 is 4.74 Å². The topological polar surface area (TPSA) is 92.2 Å². The molecule has 0 radical (unpaired) electrons. The van der Waals surface area contributed by atoms with Crippen LogP contribution in [0.3, 0.4) is 0 Å². The number of nitrogen functional groups attached to an aromatic ring is 1. The van der Waals surface area contributed by atoms with Crippen molar-refractivity contribution in [1.82, 2.24) is 19.8 Å². The van der Waals surface area contributed by atoms with Crippen molar-refractivity contribution in [2.24, 2.45) is 9.98 Å². The third kappa shape index (κ3) is 3.98. The van der Waals surface area contributed by atoms with Crippen LogP contribution in [-0.4, -0.2) is 71.3 Å². The first-order chi connectivity index (χ1) is 14.8. The van der Waals surface area contributed by atoms with Gasteiger partial charge in [0.05, 0.1) is 0 Å². The van der Waals surface area contributed by atoms with Gasteiger partial charge in [0.1, 0.15) is 0 Å². The molecular weight excluding hydrogens is 377 g/mol. The number of piperazine rings is 1. The Kier molecular flexibility index (Phi) is 5.27. The van der Waals surface area contributed by atoms with Gasteiger partial charge in [0, 0.05) is 0 Å². The van der Waals surface area contributed by atoms with Gasteiger partial charge in [-0.3, -0.25) is 0 Å². The fourth-order valence-corrected chi connectivity index (χ4v) is 4.03. The van der Waals surface area contributed by atoms with E-state index in [0.29, 0.717) is 6.61 Å². The predicted octanol–water partition coefficient (Wildman–Crippen LogP) is 0.451. The number of hydrogen-bond donors (Lipinski definition) is 1. The maximum atomic E-state index is 6.06. The zero-order valence-corrected chi connectivity index (χ0v) is 16.8. The first-order valence-corrected chi connectivity index (χ1v) is 10.4. The number of amidine groups is 1. The molecule has 1 aromatic carbocycles. The number of nitrogens with zero attached hydrogens (tertiary/aromatic N) is 6. The molecule has 3 aliphatic heterocycles. The predicted molar refractivity (Wildman–Crippen MR) is 115 cm³/mol. The van der Waals surface area contributed by atoms with Gasteiger partial charge >= 0.3 is 165 Å². The summed E-state index contributed by atoms with van der Waals surface area (Å²) in [5.74, 6) is 2.03. The number of anilines is 1. The first kappa shape index (κ1) is 18.9. The number of para-hydroxylation sites is 1. The Bertz CT molecular complexity index is 1070. The Morgan fingerprint density at radius 3 is 2.83 bits per heavy atom. The summed E-state index contributed by atoms with van der Waals surface area (Å²) in [4.78, 5) is 22.5. The minimum atomic E-state index is 0.132. The maximum absolute atomic E-state index is 6.06. The molecule has 152 valence electrons. The Morgan fingerprint density at radius 2 is 2.00 bits per heavy atom. The Labute approximate surface area is 175 Å². The van der Waals surface area contributed by atoms with Crippen LogP contribution in [0.5, 0.6) is 0 Å². The molecular formula is C21H24BN7O. The summed E-state index contributed by atoms with van der Waals surface area (Å²) in [6.45, 7) is 7.08. The number of aromatic nitrogens is 2. The van der Waals surface area contributed by atoms with Crippen molar-refractivity contribution in [3.05, 3.63) is 64.5 Å². The van der Waals surface area contributed by atoms with Crippen LogP contribution in [0.2, 0.25) is 0 Å². The molecule has 1 atom stereocenters. The monoisotopic (exact) mass is 401 g/mol. The van der Waals surface area contributed by atoms with Gasteiger partial charge in [0.25, 0.3) is 0 Å². The van der Waals surface area contributed by atoms with E-state index in [4.69, 9.17) is 20.5 Å². The second-order valence-corrected chi connectivity index (χ2v) is 7.55. The molecule has 0 saturated carbocycles. The van der Waals surface area contributed by atoms with Gasteiger partial charge in [-0.1, -0.05) is 0 Å². The van der Waals surface area contributed by atoms with E-state index in [1.165, 1.54) is 5.11 Å². The van der Waals surface area contributed by atoms with Gasteiger partial charge in [-0.05, 0) is 0 Å². The van der Waals surface area contributed by atoms with E-state index in [-0.39, 0.29) is 12.0 Å². The third-order valence-electron chi connectivity index (χ3n) is 5.57. The van der Waals surface area contributed by atoms with E-state index in [2.05, 4.69) is 51.0 Å². The van der Waals surface area contributed by atoms with Crippen LogP contribution in [0.15, 0.2) is 58.3 Å². The van der Waals surface area contributed by atoms with Crippen LogP contribution in [0.4, 0.5) is 5.95 Å². The van der Waals surface area contributed by atoms with Crippen molar-refractivity contribution in [1.29, 1.82) is 0 Å². The number of aliphatic imine (C=N–C) groups is 1. The molecule has 0 aliphatic carbocycles. The second-order valence-electron chi connectivity index (χ2n) is 7.55. The van der Waals surface area contributed by atoms with Crippen LogP contribution in [0, 0.1) is 5.11 Å². The standard InChI is InChI=1S/C21H24BN7O/c23-21-25-9-7-15(26-21)14-30-18-6-3-8-24-19(18)28-10-12-29(13-11-28)20-22-16-4-1-2-5-17(16)27-20/h1-2,4-7,9,20H,3,8,10-14H2,(H2,23,25,26). The number of nitrogens with two attached hydrogens (primary N) is 1. The second kappa shape index (κ2) is 8.35. The number of hydrogen-bond acceptors (Lipinski definition) is 8. The number of fused-ring (bicyclic) bond motifs is 1. The molecule has 0 bridgehead atoms. The molecule has 1 fully saturated rings. The zero-order valence-electron chi connectivity index (χ0n) is 16.8. The van der Waals surface area contributed by atoms with Crippen molar-refractivity contribution in [2.75, 3.05) is 38.5 Å². The molecule has 1 unspecified atom stereocenters. The van der Waals surface area contributed by atoms with Gasteiger partial charge in [-0.15, -0.1) is 0 Å². The first-order valence-electron chi connectivity index (χ1n) is 10.4. The van der Waals surface area contributed by atoms with E-state index in [9.17, 15) is 0 Å². The molecule has 5 rings (SSSR count). The molecule has 0 amide bonds. The summed E-state index contributed by atoms with van der Waals surface area (Å²) >= 11 is 0. The molecule has 0 spiro atoms. The summed E-state index contributed by atoms with van der Waals surface area (Å²) in [7, 11) is 0. The Hall–Kier alpha value is -3.07.